The number of para-hydroxylation sites is 3. The predicted molar refractivity (Wildman–Crippen MR) is 203 cm³/mol. The van der Waals surface area contributed by atoms with E-state index in [0.29, 0.717) is 17.5 Å². The lowest BCUT2D eigenvalue weighted by molar-refractivity contribution is 0.669. The van der Waals surface area contributed by atoms with Crippen LogP contribution in [0.5, 0.6) is 0 Å². The van der Waals surface area contributed by atoms with E-state index in [4.69, 9.17) is 19.4 Å². The first-order chi connectivity index (χ1) is 24.8. The van der Waals surface area contributed by atoms with Crippen LogP contribution in [0.15, 0.2) is 174 Å². The highest BCUT2D eigenvalue weighted by Crippen LogP contribution is 2.35. The number of fused-ring (bicyclic) bond motifs is 6. The third-order valence-corrected chi connectivity index (χ3v) is 9.48. The maximum absolute atomic E-state index is 6.08. The summed E-state index contributed by atoms with van der Waals surface area (Å²) in [4.78, 5) is 14.9. The van der Waals surface area contributed by atoms with Gasteiger partial charge in [-0.2, -0.15) is 0 Å². The van der Waals surface area contributed by atoms with Gasteiger partial charge in [-0.15, -0.1) is 0 Å². The van der Waals surface area contributed by atoms with Crippen LogP contribution >= 0.6 is 0 Å². The number of hydrogen-bond acceptors (Lipinski definition) is 4. The summed E-state index contributed by atoms with van der Waals surface area (Å²) in [6.45, 7) is 0. The van der Waals surface area contributed by atoms with Gasteiger partial charge in [-0.1, -0.05) is 121 Å². The summed E-state index contributed by atoms with van der Waals surface area (Å²) in [6.07, 6.45) is 0. The molecule has 0 aliphatic heterocycles. The second kappa shape index (κ2) is 11.4. The van der Waals surface area contributed by atoms with Gasteiger partial charge in [-0.3, -0.25) is 0 Å². The fourth-order valence-electron chi connectivity index (χ4n) is 7.03. The zero-order valence-electron chi connectivity index (χ0n) is 26.9. The molecule has 0 saturated heterocycles. The summed E-state index contributed by atoms with van der Waals surface area (Å²) in [7, 11) is 0. The van der Waals surface area contributed by atoms with Crippen molar-refractivity contribution in [2.24, 2.45) is 0 Å². The highest BCUT2D eigenvalue weighted by molar-refractivity contribution is 6.09. The first-order valence-corrected chi connectivity index (χ1v) is 16.7. The van der Waals surface area contributed by atoms with Crippen LogP contribution in [0.4, 0.5) is 0 Å². The molecule has 10 rings (SSSR count). The van der Waals surface area contributed by atoms with Crippen molar-refractivity contribution in [3.8, 4) is 51.0 Å². The largest absolute Gasteiger partial charge is 0.456 e. The highest BCUT2D eigenvalue weighted by Gasteiger charge is 2.15. The Kier molecular flexibility index (Phi) is 6.42. The van der Waals surface area contributed by atoms with E-state index in [-0.39, 0.29) is 0 Å². The lowest BCUT2D eigenvalue weighted by Crippen LogP contribution is -2.00. The van der Waals surface area contributed by atoms with E-state index in [0.717, 1.165) is 55.4 Å². The summed E-state index contributed by atoms with van der Waals surface area (Å²) >= 11 is 0. The van der Waals surface area contributed by atoms with E-state index in [1.165, 1.54) is 21.8 Å². The average molecular weight is 641 g/mol. The molecule has 0 amide bonds. The molecule has 50 heavy (non-hydrogen) atoms. The standard InChI is InChI=1S/C45H28N4O/c1-2-10-31(11-3-1)43-46-44(48-45(47-43)33-24-27-42-38(28-33)37-14-6-9-17-41(37)50-42)32-20-18-29(19-21-32)30-22-25-34(26-23-30)49-39-15-7-4-12-35(39)36-13-5-8-16-40(36)49/h1-28H. The molecule has 5 nitrogen and oxygen atoms in total. The van der Waals surface area contributed by atoms with E-state index < -0.39 is 0 Å². The molecule has 0 radical (unpaired) electrons. The van der Waals surface area contributed by atoms with Gasteiger partial charge in [0, 0.05) is 43.9 Å². The Balaban J connectivity index is 1.02. The number of aromatic nitrogens is 4. The van der Waals surface area contributed by atoms with Crippen molar-refractivity contribution < 1.29 is 4.42 Å². The van der Waals surface area contributed by atoms with Crippen molar-refractivity contribution >= 4 is 43.7 Å². The van der Waals surface area contributed by atoms with Crippen molar-refractivity contribution in [3.63, 3.8) is 0 Å². The van der Waals surface area contributed by atoms with Gasteiger partial charge in [0.2, 0.25) is 0 Å². The van der Waals surface area contributed by atoms with Crippen LogP contribution in [0.25, 0.3) is 94.7 Å². The number of furan rings is 1. The molecule has 3 heterocycles. The molecule has 0 atom stereocenters. The maximum Gasteiger partial charge on any atom is 0.164 e. The lowest BCUT2D eigenvalue weighted by Gasteiger charge is -2.10. The fraction of sp³-hybridized carbons (Fsp3) is 0. The van der Waals surface area contributed by atoms with Gasteiger partial charge in [0.15, 0.2) is 17.5 Å². The Labute approximate surface area is 287 Å². The minimum atomic E-state index is 0.616. The zero-order valence-corrected chi connectivity index (χ0v) is 26.9. The molecule has 0 saturated carbocycles. The van der Waals surface area contributed by atoms with Gasteiger partial charge in [0.1, 0.15) is 11.2 Å². The summed E-state index contributed by atoms with van der Waals surface area (Å²) in [5, 5.41) is 4.63. The number of nitrogens with zero attached hydrogens (tertiary/aromatic N) is 4. The van der Waals surface area contributed by atoms with Crippen LogP contribution in [0.2, 0.25) is 0 Å². The van der Waals surface area contributed by atoms with Gasteiger partial charge >= 0.3 is 0 Å². The van der Waals surface area contributed by atoms with E-state index in [2.05, 4.69) is 114 Å². The molecular formula is C45H28N4O. The fourth-order valence-corrected chi connectivity index (χ4v) is 7.03. The van der Waals surface area contributed by atoms with E-state index in [9.17, 15) is 0 Å². The number of benzene rings is 7. The predicted octanol–water partition coefficient (Wildman–Crippen LogP) is 11.5. The van der Waals surface area contributed by atoms with Crippen molar-refractivity contribution in [2.45, 2.75) is 0 Å². The van der Waals surface area contributed by atoms with Crippen molar-refractivity contribution in [1.29, 1.82) is 0 Å². The average Bonchev–Trinajstić information content (AvgIpc) is 3.74. The van der Waals surface area contributed by atoms with Gasteiger partial charge < -0.3 is 8.98 Å². The molecule has 0 aliphatic rings. The molecule has 0 bridgehead atoms. The Bertz CT molecular complexity index is 2800. The van der Waals surface area contributed by atoms with Gasteiger partial charge in [-0.05, 0) is 59.7 Å². The second-order valence-corrected chi connectivity index (χ2v) is 12.5. The molecule has 0 aliphatic carbocycles. The maximum atomic E-state index is 6.08. The van der Waals surface area contributed by atoms with Gasteiger partial charge in [0.05, 0.1) is 11.0 Å². The quantitative estimate of drug-likeness (QED) is 0.188. The first-order valence-electron chi connectivity index (χ1n) is 16.7. The molecule has 5 heteroatoms. The third-order valence-electron chi connectivity index (χ3n) is 9.48. The smallest absolute Gasteiger partial charge is 0.164 e. The first kappa shape index (κ1) is 28.2. The van der Waals surface area contributed by atoms with Crippen LogP contribution in [-0.4, -0.2) is 19.5 Å². The second-order valence-electron chi connectivity index (χ2n) is 12.5. The Morgan fingerprint density at radius 2 is 0.800 bits per heavy atom. The zero-order chi connectivity index (χ0) is 33.0. The molecule has 0 spiro atoms. The van der Waals surface area contributed by atoms with Crippen molar-refractivity contribution in [3.05, 3.63) is 170 Å². The lowest BCUT2D eigenvalue weighted by atomic mass is 10.0. The Hall–Kier alpha value is -6.85. The van der Waals surface area contributed by atoms with E-state index in [1.807, 2.05) is 60.7 Å². The molecule has 0 unspecified atom stereocenters. The van der Waals surface area contributed by atoms with Crippen molar-refractivity contribution in [1.82, 2.24) is 19.5 Å². The highest BCUT2D eigenvalue weighted by atomic mass is 16.3. The minimum Gasteiger partial charge on any atom is -0.456 e. The van der Waals surface area contributed by atoms with Crippen LogP contribution in [0, 0.1) is 0 Å². The third kappa shape index (κ3) is 4.67. The number of rotatable bonds is 5. The van der Waals surface area contributed by atoms with Crippen LogP contribution in [0.1, 0.15) is 0 Å². The van der Waals surface area contributed by atoms with E-state index in [1.54, 1.807) is 0 Å². The van der Waals surface area contributed by atoms with Crippen LogP contribution in [0.3, 0.4) is 0 Å². The summed E-state index contributed by atoms with van der Waals surface area (Å²) in [5.74, 6) is 1.87. The molecule has 10 aromatic rings. The Morgan fingerprint density at radius 1 is 0.340 bits per heavy atom. The Morgan fingerprint density at radius 3 is 1.46 bits per heavy atom. The number of hydrogen-bond donors (Lipinski definition) is 0. The minimum absolute atomic E-state index is 0.616. The molecule has 0 fully saturated rings. The molecule has 3 aromatic heterocycles. The molecular weight excluding hydrogens is 613 g/mol. The van der Waals surface area contributed by atoms with Crippen LogP contribution in [-0.2, 0) is 0 Å². The van der Waals surface area contributed by atoms with E-state index >= 15 is 0 Å². The molecule has 7 aromatic carbocycles. The summed E-state index contributed by atoms with van der Waals surface area (Å²) in [6, 6.07) is 58.7. The van der Waals surface area contributed by atoms with Gasteiger partial charge in [-0.25, -0.2) is 15.0 Å². The monoisotopic (exact) mass is 640 g/mol. The van der Waals surface area contributed by atoms with Crippen molar-refractivity contribution in [2.75, 3.05) is 0 Å². The van der Waals surface area contributed by atoms with Crippen LogP contribution < -0.4 is 0 Å². The SMILES string of the molecule is c1ccc(-c2nc(-c3ccc(-c4ccc(-n5c6ccccc6c6ccccc65)cc4)cc3)nc(-c3ccc4oc5ccccc5c4c3)n2)cc1. The molecule has 0 N–H and O–H groups in total. The molecule has 234 valence electrons. The summed E-state index contributed by atoms with van der Waals surface area (Å²) in [5.41, 5.74) is 10.3. The summed E-state index contributed by atoms with van der Waals surface area (Å²) < 4.78 is 8.42. The topological polar surface area (TPSA) is 56.7 Å². The normalized spacial score (nSPS) is 11.6. The van der Waals surface area contributed by atoms with Gasteiger partial charge in [0.25, 0.3) is 0 Å².